The minimum atomic E-state index is 0.639. The monoisotopic (exact) mass is 187 g/mol. The van der Waals surface area contributed by atoms with Crippen LogP contribution in [0.1, 0.15) is 31.9 Å². The van der Waals surface area contributed by atoms with Gasteiger partial charge in [-0.1, -0.05) is 38.1 Å². The van der Waals surface area contributed by atoms with Crippen LogP contribution in [0.4, 0.5) is 0 Å². The highest BCUT2D eigenvalue weighted by molar-refractivity contribution is 5.85. The highest BCUT2D eigenvalue weighted by Crippen LogP contribution is 2.28. The van der Waals surface area contributed by atoms with Crippen LogP contribution in [0.15, 0.2) is 30.5 Å². The van der Waals surface area contributed by atoms with E-state index in [0.29, 0.717) is 5.92 Å². The van der Waals surface area contributed by atoms with Crippen molar-refractivity contribution in [3.8, 4) is 0 Å². The Bertz CT molecular complexity index is 439. The topological polar surface area (TPSA) is 4.93 Å². The quantitative estimate of drug-likeness (QED) is 0.675. The Labute approximate surface area is 85.4 Å². The molecule has 1 aromatic carbocycles. The number of benzene rings is 1. The Morgan fingerprint density at radius 3 is 2.71 bits per heavy atom. The minimum absolute atomic E-state index is 0.639. The molecule has 1 nitrogen and oxygen atoms in total. The summed E-state index contributed by atoms with van der Waals surface area (Å²) in [5.41, 5.74) is 1.46. The van der Waals surface area contributed by atoms with E-state index < -0.39 is 0 Å². The molecule has 1 heterocycles. The van der Waals surface area contributed by atoms with Crippen molar-refractivity contribution < 1.29 is 0 Å². The van der Waals surface area contributed by atoms with E-state index >= 15 is 0 Å². The van der Waals surface area contributed by atoms with Gasteiger partial charge in [0.2, 0.25) is 0 Å². The van der Waals surface area contributed by atoms with Crippen LogP contribution in [0.25, 0.3) is 10.8 Å². The summed E-state index contributed by atoms with van der Waals surface area (Å²) in [6.45, 7) is 4.54. The van der Waals surface area contributed by atoms with E-state index in [4.69, 9.17) is 0 Å². The van der Waals surface area contributed by atoms with Gasteiger partial charge in [0.25, 0.3) is 0 Å². The lowest BCUT2D eigenvalue weighted by atomic mass is 10.0. The molecule has 0 aliphatic carbocycles. The first-order valence-corrected chi connectivity index (χ1v) is 5.28. The summed E-state index contributed by atoms with van der Waals surface area (Å²) >= 11 is 0. The molecule has 0 saturated heterocycles. The van der Waals surface area contributed by atoms with Crippen molar-refractivity contribution in [2.75, 3.05) is 0 Å². The summed E-state index contributed by atoms with van der Waals surface area (Å²) in [5, 5.41) is 2.76. The van der Waals surface area contributed by atoms with Crippen molar-refractivity contribution in [3.05, 3.63) is 36.2 Å². The van der Waals surface area contributed by atoms with Gasteiger partial charge in [0.05, 0.1) is 0 Å². The Morgan fingerprint density at radius 2 is 2.00 bits per heavy atom. The molecule has 2 rings (SSSR count). The summed E-state index contributed by atoms with van der Waals surface area (Å²) < 4.78 is 2.26. The van der Waals surface area contributed by atoms with Crippen molar-refractivity contribution in [3.63, 3.8) is 0 Å². The van der Waals surface area contributed by atoms with Gasteiger partial charge >= 0.3 is 0 Å². The summed E-state index contributed by atoms with van der Waals surface area (Å²) in [4.78, 5) is 0. The molecule has 0 amide bonds. The highest BCUT2D eigenvalue weighted by Gasteiger charge is 2.11. The number of fused-ring (bicyclic) bond motifs is 1. The standard InChI is InChI=1S/C13H17N/c1-4-10(2)13-12-8-6-5-7-11(12)9-14(13)3/h5-10H,4H2,1-3H3. The Hall–Kier alpha value is -1.24. The zero-order valence-electron chi connectivity index (χ0n) is 9.12. The van der Waals surface area contributed by atoms with Gasteiger partial charge in [0.1, 0.15) is 0 Å². The second-order valence-corrected chi connectivity index (χ2v) is 4.02. The predicted molar refractivity (Wildman–Crippen MR) is 61.6 cm³/mol. The lowest BCUT2D eigenvalue weighted by Gasteiger charge is -2.10. The maximum atomic E-state index is 2.29. The Balaban J connectivity index is 2.67. The largest absolute Gasteiger partial charge is 0.353 e. The SMILES string of the molecule is CCC(C)c1c2ccccc2cn1C. The third kappa shape index (κ3) is 1.33. The van der Waals surface area contributed by atoms with Gasteiger partial charge in [-0.15, -0.1) is 0 Å². The van der Waals surface area contributed by atoms with Crippen LogP contribution < -0.4 is 0 Å². The zero-order chi connectivity index (χ0) is 10.1. The first kappa shape index (κ1) is 9.32. The van der Waals surface area contributed by atoms with Gasteiger partial charge < -0.3 is 4.57 Å². The third-order valence-corrected chi connectivity index (χ3v) is 3.03. The van der Waals surface area contributed by atoms with E-state index in [-0.39, 0.29) is 0 Å². The molecule has 0 radical (unpaired) electrons. The molecule has 0 aliphatic heterocycles. The van der Waals surface area contributed by atoms with Crippen LogP contribution in [0.5, 0.6) is 0 Å². The van der Waals surface area contributed by atoms with E-state index in [1.165, 1.54) is 22.9 Å². The van der Waals surface area contributed by atoms with E-state index in [0.717, 1.165) is 0 Å². The van der Waals surface area contributed by atoms with Crippen molar-refractivity contribution in [1.82, 2.24) is 4.57 Å². The molecule has 74 valence electrons. The van der Waals surface area contributed by atoms with Gasteiger partial charge in [0.15, 0.2) is 0 Å². The molecular weight excluding hydrogens is 170 g/mol. The lowest BCUT2D eigenvalue weighted by Crippen LogP contribution is -1.99. The fraction of sp³-hybridized carbons (Fsp3) is 0.385. The second kappa shape index (κ2) is 3.49. The van der Waals surface area contributed by atoms with Crippen LogP contribution in [-0.2, 0) is 7.05 Å². The number of aromatic nitrogens is 1. The van der Waals surface area contributed by atoms with Gasteiger partial charge in [-0.05, 0) is 17.7 Å². The average molecular weight is 187 g/mol. The Kier molecular flexibility index (Phi) is 2.32. The summed E-state index contributed by atoms with van der Waals surface area (Å²) in [6, 6.07) is 8.62. The molecule has 0 aliphatic rings. The normalized spacial score (nSPS) is 13.4. The third-order valence-electron chi connectivity index (χ3n) is 3.03. The number of rotatable bonds is 2. The number of hydrogen-bond donors (Lipinski definition) is 0. The fourth-order valence-electron chi connectivity index (χ4n) is 2.12. The van der Waals surface area contributed by atoms with Crippen molar-refractivity contribution in [1.29, 1.82) is 0 Å². The molecule has 0 bridgehead atoms. The maximum absolute atomic E-state index is 2.29. The highest BCUT2D eigenvalue weighted by atomic mass is 14.9. The molecule has 14 heavy (non-hydrogen) atoms. The predicted octanol–water partition coefficient (Wildman–Crippen LogP) is 3.69. The summed E-state index contributed by atoms with van der Waals surface area (Å²) in [5.74, 6) is 0.639. The van der Waals surface area contributed by atoms with E-state index in [9.17, 15) is 0 Å². The van der Waals surface area contributed by atoms with Crippen LogP contribution in [-0.4, -0.2) is 4.57 Å². The molecule has 1 atom stereocenters. The van der Waals surface area contributed by atoms with Gasteiger partial charge in [0, 0.05) is 24.3 Å². The zero-order valence-corrected chi connectivity index (χ0v) is 9.12. The number of nitrogens with zero attached hydrogens (tertiary/aromatic N) is 1. The minimum Gasteiger partial charge on any atom is -0.353 e. The number of aryl methyl sites for hydroxylation is 1. The molecule has 0 N–H and O–H groups in total. The summed E-state index contributed by atoms with van der Waals surface area (Å²) in [7, 11) is 2.14. The van der Waals surface area contributed by atoms with E-state index in [1.54, 1.807) is 0 Å². The summed E-state index contributed by atoms with van der Waals surface area (Å²) in [6.07, 6.45) is 3.42. The molecule has 1 aromatic heterocycles. The van der Waals surface area contributed by atoms with Crippen LogP contribution in [0.3, 0.4) is 0 Å². The van der Waals surface area contributed by atoms with Gasteiger partial charge in [-0.2, -0.15) is 0 Å². The first-order valence-electron chi connectivity index (χ1n) is 5.28. The van der Waals surface area contributed by atoms with Crippen LogP contribution in [0.2, 0.25) is 0 Å². The molecule has 1 heteroatoms. The first-order chi connectivity index (χ1) is 6.74. The number of hydrogen-bond acceptors (Lipinski definition) is 0. The van der Waals surface area contributed by atoms with E-state index in [1.807, 2.05) is 0 Å². The van der Waals surface area contributed by atoms with Crippen molar-refractivity contribution in [2.45, 2.75) is 26.2 Å². The molecular formula is C13H17N. The molecule has 1 unspecified atom stereocenters. The molecule has 0 spiro atoms. The van der Waals surface area contributed by atoms with Gasteiger partial charge in [-0.25, -0.2) is 0 Å². The second-order valence-electron chi connectivity index (χ2n) is 4.02. The molecule has 0 fully saturated rings. The lowest BCUT2D eigenvalue weighted by molar-refractivity contribution is 0.672. The van der Waals surface area contributed by atoms with E-state index in [2.05, 4.69) is 55.9 Å². The van der Waals surface area contributed by atoms with Crippen molar-refractivity contribution in [2.24, 2.45) is 7.05 Å². The molecule has 0 saturated carbocycles. The Morgan fingerprint density at radius 1 is 1.29 bits per heavy atom. The van der Waals surface area contributed by atoms with Gasteiger partial charge in [-0.3, -0.25) is 0 Å². The smallest absolute Gasteiger partial charge is 0.0279 e. The van der Waals surface area contributed by atoms with Crippen LogP contribution >= 0.6 is 0 Å². The average Bonchev–Trinajstić information content (AvgIpc) is 2.53. The van der Waals surface area contributed by atoms with Crippen LogP contribution in [0, 0.1) is 0 Å². The molecule has 2 aromatic rings. The maximum Gasteiger partial charge on any atom is 0.0279 e. The fourth-order valence-corrected chi connectivity index (χ4v) is 2.12. The van der Waals surface area contributed by atoms with Crippen molar-refractivity contribution >= 4 is 10.8 Å².